The molecule has 1 aliphatic rings. The zero-order valence-corrected chi connectivity index (χ0v) is 22.4. The number of ether oxygens (including phenoxy) is 2. The predicted octanol–water partition coefficient (Wildman–Crippen LogP) is 6.46. The number of nitrogens with zero attached hydrogens (tertiary/aromatic N) is 5. The van der Waals surface area contributed by atoms with Crippen molar-refractivity contribution in [2.75, 3.05) is 24.8 Å². The van der Waals surface area contributed by atoms with Gasteiger partial charge in [0.05, 0.1) is 18.4 Å². The Bertz CT molecular complexity index is 1640. The third kappa shape index (κ3) is 5.13. The lowest BCUT2D eigenvalue weighted by Crippen LogP contribution is -2.12. The van der Waals surface area contributed by atoms with E-state index in [0.717, 1.165) is 65.5 Å². The van der Waals surface area contributed by atoms with Crippen LogP contribution >= 0.6 is 0 Å². The van der Waals surface area contributed by atoms with E-state index in [-0.39, 0.29) is 0 Å². The highest BCUT2D eigenvalue weighted by Crippen LogP contribution is 2.38. The van der Waals surface area contributed by atoms with Crippen molar-refractivity contribution in [2.24, 2.45) is 0 Å². The topological polar surface area (TPSA) is 107 Å². The number of benzene rings is 2. The molecule has 3 aromatic heterocycles. The second-order valence-electron chi connectivity index (χ2n) is 9.38. The number of nitrogens with one attached hydrogen (secondary N) is 2. The zero-order valence-electron chi connectivity index (χ0n) is 22.4. The Labute approximate surface area is 232 Å². The molecule has 2 N–H and O–H groups in total. The summed E-state index contributed by atoms with van der Waals surface area (Å²) in [6, 6.07) is 21.3. The van der Waals surface area contributed by atoms with Gasteiger partial charge in [0.25, 0.3) is 0 Å². The van der Waals surface area contributed by atoms with Crippen LogP contribution < -0.4 is 20.1 Å². The van der Waals surface area contributed by atoms with E-state index < -0.39 is 0 Å². The maximum Gasteiger partial charge on any atom is 0.228 e. The number of pyridine rings is 1. The van der Waals surface area contributed by atoms with Crippen molar-refractivity contribution in [1.29, 1.82) is 0 Å². The lowest BCUT2D eigenvalue weighted by Gasteiger charge is -2.22. The predicted molar refractivity (Wildman–Crippen MR) is 155 cm³/mol. The lowest BCUT2D eigenvalue weighted by atomic mass is 9.89. The molecule has 6 rings (SSSR count). The van der Waals surface area contributed by atoms with Crippen molar-refractivity contribution in [1.82, 2.24) is 25.1 Å². The second kappa shape index (κ2) is 11.4. The first-order valence-corrected chi connectivity index (χ1v) is 13.3. The molecule has 5 aromatic rings. The number of aromatic nitrogens is 5. The molecule has 0 atom stereocenters. The van der Waals surface area contributed by atoms with Crippen molar-refractivity contribution < 1.29 is 9.47 Å². The number of anilines is 3. The molecule has 1 aliphatic carbocycles. The average molecular weight is 532 g/mol. The van der Waals surface area contributed by atoms with E-state index in [1.54, 1.807) is 26.6 Å². The fourth-order valence-electron chi connectivity index (χ4n) is 4.96. The Morgan fingerprint density at radius 3 is 2.40 bits per heavy atom. The number of methoxy groups -OCH3 is 1. The van der Waals surface area contributed by atoms with Crippen LogP contribution in [-0.2, 0) is 12.8 Å². The Hall–Kier alpha value is -5.05. The second-order valence-corrected chi connectivity index (χ2v) is 9.38. The van der Waals surface area contributed by atoms with E-state index >= 15 is 0 Å². The zero-order chi connectivity index (χ0) is 27.3. The van der Waals surface area contributed by atoms with Crippen molar-refractivity contribution in [2.45, 2.75) is 25.7 Å². The van der Waals surface area contributed by atoms with Gasteiger partial charge in [-0.2, -0.15) is 0 Å². The van der Waals surface area contributed by atoms with Crippen LogP contribution in [0.25, 0.3) is 22.5 Å². The van der Waals surface area contributed by atoms with Crippen LogP contribution in [0.5, 0.6) is 17.4 Å². The molecule has 0 aliphatic heterocycles. The van der Waals surface area contributed by atoms with Gasteiger partial charge in [0, 0.05) is 36.3 Å². The smallest absolute Gasteiger partial charge is 0.228 e. The van der Waals surface area contributed by atoms with E-state index in [0.29, 0.717) is 17.6 Å². The van der Waals surface area contributed by atoms with Crippen LogP contribution in [0.4, 0.5) is 17.5 Å². The van der Waals surface area contributed by atoms with Crippen molar-refractivity contribution in [3.63, 3.8) is 0 Å². The number of hydrogen-bond acceptors (Lipinski definition) is 9. The quantitative estimate of drug-likeness (QED) is 0.233. The van der Waals surface area contributed by atoms with Crippen LogP contribution in [0.2, 0.25) is 0 Å². The average Bonchev–Trinajstić information content (AvgIpc) is 3.02. The summed E-state index contributed by atoms with van der Waals surface area (Å²) in [7, 11) is 3.47. The van der Waals surface area contributed by atoms with E-state index in [1.165, 1.54) is 11.1 Å². The molecule has 3 heterocycles. The Morgan fingerprint density at radius 2 is 1.57 bits per heavy atom. The third-order valence-electron chi connectivity index (χ3n) is 6.91. The first-order valence-electron chi connectivity index (χ1n) is 13.3. The van der Waals surface area contributed by atoms with Gasteiger partial charge in [0.15, 0.2) is 5.82 Å². The summed E-state index contributed by atoms with van der Waals surface area (Å²) in [5, 5.41) is 15.7. The largest absolute Gasteiger partial charge is 0.496 e. The molecule has 2 aromatic carbocycles. The molecule has 0 spiro atoms. The maximum atomic E-state index is 6.16. The van der Waals surface area contributed by atoms with Gasteiger partial charge in [-0.1, -0.05) is 12.1 Å². The lowest BCUT2D eigenvalue weighted by molar-refractivity contribution is 0.416. The molecule has 0 unspecified atom stereocenters. The van der Waals surface area contributed by atoms with Crippen LogP contribution in [0.15, 0.2) is 79.1 Å². The van der Waals surface area contributed by atoms with E-state index in [9.17, 15) is 0 Å². The molecule has 200 valence electrons. The molecule has 9 heteroatoms. The maximum absolute atomic E-state index is 6.16. The summed E-state index contributed by atoms with van der Waals surface area (Å²) in [4.78, 5) is 13.2. The summed E-state index contributed by atoms with van der Waals surface area (Å²) >= 11 is 0. The van der Waals surface area contributed by atoms with Gasteiger partial charge in [0.1, 0.15) is 17.2 Å². The van der Waals surface area contributed by atoms with Crippen LogP contribution in [0.3, 0.4) is 0 Å². The van der Waals surface area contributed by atoms with Crippen LogP contribution in [0, 0.1) is 0 Å². The minimum absolute atomic E-state index is 0.468. The molecule has 0 saturated carbocycles. The van der Waals surface area contributed by atoms with Crippen molar-refractivity contribution in [3.8, 4) is 39.9 Å². The summed E-state index contributed by atoms with van der Waals surface area (Å²) in [5.41, 5.74) is 6.73. The number of hydrogen-bond donors (Lipinski definition) is 2. The standard InChI is InChI=1S/C31H29N7O2/c1-32-31-34-19-17-26(36-31)24-11-7-18-33-30(24)40-21-15-13-20(14-16-21)35-29-23-9-4-3-8-22(23)28(37-38-29)25-10-5-6-12-27(25)39-2/h5-7,10-19H,3-4,8-9H2,1-2H3,(H,35,38)(H,32,34,36). The third-order valence-corrected chi connectivity index (χ3v) is 6.91. The molecular weight excluding hydrogens is 502 g/mol. The van der Waals surface area contributed by atoms with E-state index in [1.807, 2.05) is 66.7 Å². The van der Waals surface area contributed by atoms with Gasteiger partial charge in [-0.3, -0.25) is 0 Å². The Kier molecular flexibility index (Phi) is 7.17. The van der Waals surface area contributed by atoms with Crippen molar-refractivity contribution in [3.05, 3.63) is 90.3 Å². The minimum Gasteiger partial charge on any atom is -0.496 e. The van der Waals surface area contributed by atoms with Crippen LogP contribution in [-0.4, -0.2) is 39.3 Å². The fourth-order valence-corrected chi connectivity index (χ4v) is 4.96. The highest BCUT2D eigenvalue weighted by molar-refractivity contribution is 5.74. The minimum atomic E-state index is 0.468. The summed E-state index contributed by atoms with van der Waals surface area (Å²) < 4.78 is 11.8. The fraction of sp³-hybridized carbons (Fsp3) is 0.194. The Balaban J connectivity index is 1.24. The normalized spacial score (nSPS) is 12.3. The Morgan fingerprint density at radius 1 is 0.775 bits per heavy atom. The number of para-hydroxylation sites is 1. The van der Waals surface area contributed by atoms with Crippen LogP contribution in [0.1, 0.15) is 24.0 Å². The summed E-state index contributed by atoms with van der Waals surface area (Å²) in [6.45, 7) is 0. The molecule has 0 amide bonds. The molecule has 0 bridgehead atoms. The summed E-state index contributed by atoms with van der Waals surface area (Å²) in [5.74, 6) is 3.25. The van der Waals surface area contributed by atoms with Gasteiger partial charge >= 0.3 is 0 Å². The van der Waals surface area contributed by atoms with Gasteiger partial charge in [-0.25, -0.2) is 15.0 Å². The van der Waals surface area contributed by atoms with E-state index in [4.69, 9.17) is 9.47 Å². The highest BCUT2D eigenvalue weighted by Gasteiger charge is 2.22. The first-order chi connectivity index (χ1) is 19.7. The molecule has 40 heavy (non-hydrogen) atoms. The van der Waals surface area contributed by atoms with Gasteiger partial charge in [-0.15, -0.1) is 10.2 Å². The van der Waals surface area contributed by atoms with E-state index in [2.05, 4.69) is 35.8 Å². The van der Waals surface area contributed by atoms with Gasteiger partial charge in [0.2, 0.25) is 11.8 Å². The number of rotatable bonds is 8. The summed E-state index contributed by atoms with van der Waals surface area (Å²) in [6.07, 6.45) is 7.58. The van der Waals surface area contributed by atoms with Gasteiger partial charge < -0.3 is 20.1 Å². The monoisotopic (exact) mass is 531 g/mol. The molecule has 0 radical (unpaired) electrons. The molecular formula is C31H29N7O2. The molecule has 9 nitrogen and oxygen atoms in total. The highest BCUT2D eigenvalue weighted by atomic mass is 16.5. The number of fused-ring (bicyclic) bond motifs is 1. The molecule has 0 fully saturated rings. The van der Waals surface area contributed by atoms with Crippen molar-refractivity contribution >= 4 is 17.5 Å². The first kappa shape index (κ1) is 25.2. The molecule has 0 saturated heterocycles. The SMILES string of the molecule is CNc1nccc(-c2cccnc2Oc2ccc(Nc3nnc(-c4ccccc4OC)c4c3CCCC4)cc2)n1. The van der Waals surface area contributed by atoms with Gasteiger partial charge in [-0.05, 0) is 85.8 Å².